The zero-order valence-corrected chi connectivity index (χ0v) is 18.3. The highest BCUT2D eigenvalue weighted by atomic mass is 16.5. The first-order valence-corrected chi connectivity index (χ1v) is 12.2. The van der Waals surface area contributed by atoms with E-state index in [0.29, 0.717) is 0 Å². The van der Waals surface area contributed by atoms with Crippen LogP contribution >= 0.6 is 0 Å². The second kappa shape index (κ2) is 11.5. The molecule has 0 aliphatic carbocycles. The van der Waals surface area contributed by atoms with Crippen LogP contribution in [0.5, 0.6) is 0 Å². The first kappa shape index (κ1) is 21.3. The van der Waals surface area contributed by atoms with Crippen molar-refractivity contribution >= 4 is 0 Å². The lowest BCUT2D eigenvalue weighted by molar-refractivity contribution is -0.000957. The molecule has 4 nitrogen and oxygen atoms in total. The van der Waals surface area contributed by atoms with Crippen LogP contribution in [0.2, 0.25) is 0 Å². The number of piperidine rings is 2. The van der Waals surface area contributed by atoms with Crippen LogP contribution in [-0.4, -0.2) is 86.3 Å². The average molecular weight is 400 g/mol. The molecule has 4 heteroatoms. The van der Waals surface area contributed by atoms with Gasteiger partial charge in [-0.25, -0.2) is 0 Å². The highest BCUT2D eigenvalue weighted by Crippen LogP contribution is 2.25. The van der Waals surface area contributed by atoms with Gasteiger partial charge in [-0.2, -0.15) is 0 Å². The number of hydrogen-bond donors (Lipinski definition) is 0. The number of nitrogens with zero attached hydrogens (tertiary/aromatic N) is 3. The Labute approximate surface area is 178 Å². The molecule has 3 heterocycles. The summed E-state index contributed by atoms with van der Waals surface area (Å²) in [5.74, 6) is 0.747. The SMILES string of the molecule is c1ccc(CCN2CCN3CC(COCCCN4CCCCC4)CC[C@H]3C2)cc1. The normalized spacial score (nSPS) is 27.0. The van der Waals surface area contributed by atoms with Gasteiger partial charge in [0.1, 0.15) is 0 Å². The summed E-state index contributed by atoms with van der Waals surface area (Å²) in [4.78, 5) is 8.06. The molecule has 4 rings (SSSR count). The van der Waals surface area contributed by atoms with E-state index in [1.54, 1.807) is 0 Å². The van der Waals surface area contributed by atoms with Gasteiger partial charge in [0.2, 0.25) is 0 Å². The average Bonchev–Trinajstić information content (AvgIpc) is 2.79. The molecule has 3 aliphatic rings. The van der Waals surface area contributed by atoms with Crippen LogP contribution in [0, 0.1) is 5.92 Å². The summed E-state index contributed by atoms with van der Waals surface area (Å²) < 4.78 is 6.09. The van der Waals surface area contributed by atoms with E-state index in [4.69, 9.17) is 4.74 Å². The van der Waals surface area contributed by atoms with Gasteiger partial charge in [0, 0.05) is 51.9 Å². The van der Waals surface area contributed by atoms with Gasteiger partial charge in [-0.3, -0.25) is 4.90 Å². The first-order valence-electron chi connectivity index (χ1n) is 12.2. The van der Waals surface area contributed by atoms with Gasteiger partial charge < -0.3 is 14.5 Å². The number of rotatable bonds is 9. The predicted octanol–water partition coefficient (Wildman–Crippen LogP) is 3.52. The molecule has 0 radical (unpaired) electrons. The number of piperazine rings is 1. The van der Waals surface area contributed by atoms with E-state index >= 15 is 0 Å². The minimum atomic E-state index is 0.747. The van der Waals surface area contributed by atoms with Gasteiger partial charge in [0.25, 0.3) is 0 Å². The fraction of sp³-hybridized carbons (Fsp3) is 0.760. The molecule has 29 heavy (non-hydrogen) atoms. The van der Waals surface area contributed by atoms with E-state index in [2.05, 4.69) is 45.0 Å². The second-order valence-corrected chi connectivity index (χ2v) is 9.46. The van der Waals surface area contributed by atoms with E-state index in [1.165, 1.54) is 103 Å². The van der Waals surface area contributed by atoms with Crippen molar-refractivity contribution in [3.05, 3.63) is 35.9 Å². The monoisotopic (exact) mass is 399 g/mol. The Morgan fingerprint density at radius 3 is 2.55 bits per heavy atom. The van der Waals surface area contributed by atoms with Crippen LogP contribution in [0.15, 0.2) is 30.3 Å². The molecule has 0 spiro atoms. The molecule has 1 unspecified atom stereocenters. The zero-order chi connectivity index (χ0) is 19.7. The molecule has 0 aromatic heterocycles. The summed E-state index contributed by atoms with van der Waals surface area (Å²) in [6.07, 6.45) is 9.30. The number of likely N-dealkylation sites (tertiary alicyclic amines) is 1. The van der Waals surface area contributed by atoms with E-state index in [-0.39, 0.29) is 0 Å². The van der Waals surface area contributed by atoms with Crippen molar-refractivity contribution in [3.63, 3.8) is 0 Å². The van der Waals surface area contributed by atoms with Gasteiger partial charge >= 0.3 is 0 Å². The third-order valence-corrected chi connectivity index (χ3v) is 7.21. The largest absolute Gasteiger partial charge is 0.381 e. The van der Waals surface area contributed by atoms with Crippen molar-refractivity contribution in [2.75, 3.05) is 65.6 Å². The Bertz CT molecular complexity index is 575. The molecule has 162 valence electrons. The predicted molar refractivity (Wildman–Crippen MR) is 120 cm³/mol. The lowest BCUT2D eigenvalue weighted by Gasteiger charge is -2.46. The molecule has 0 saturated carbocycles. The van der Waals surface area contributed by atoms with Crippen molar-refractivity contribution in [3.8, 4) is 0 Å². The fourth-order valence-electron chi connectivity index (χ4n) is 5.42. The van der Waals surface area contributed by atoms with E-state index in [9.17, 15) is 0 Å². The van der Waals surface area contributed by atoms with Crippen molar-refractivity contribution < 1.29 is 4.74 Å². The van der Waals surface area contributed by atoms with Crippen LogP contribution in [0.3, 0.4) is 0 Å². The highest BCUT2D eigenvalue weighted by Gasteiger charge is 2.32. The van der Waals surface area contributed by atoms with Crippen LogP contribution in [0.25, 0.3) is 0 Å². The third kappa shape index (κ3) is 6.78. The molecule has 0 N–H and O–H groups in total. The molecule has 3 fully saturated rings. The van der Waals surface area contributed by atoms with Gasteiger partial charge in [-0.05, 0) is 63.1 Å². The third-order valence-electron chi connectivity index (χ3n) is 7.21. The molecular formula is C25H41N3O. The van der Waals surface area contributed by atoms with Crippen LogP contribution in [0.4, 0.5) is 0 Å². The Hall–Kier alpha value is -0.940. The summed E-state index contributed by atoms with van der Waals surface area (Å²) in [5.41, 5.74) is 1.47. The molecular weight excluding hydrogens is 358 g/mol. The summed E-state index contributed by atoms with van der Waals surface area (Å²) in [7, 11) is 0. The first-order chi connectivity index (χ1) is 14.4. The van der Waals surface area contributed by atoms with Gasteiger partial charge in [0.05, 0.1) is 6.61 Å². The number of benzene rings is 1. The Morgan fingerprint density at radius 2 is 1.69 bits per heavy atom. The molecule has 3 saturated heterocycles. The van der Waals surface area contributed by atoms with Gasteiger partial charge in [-0.15, -0.1) is 0 Å². The molecule has 1 aromatic carbocycles. The van der Waals surface area contributed by atoms with Gasteiger partial charge in [-0.1, -0.05) is 36.8 Å². The summed E-state index contributed by atoms with van der Waals surface area (Å²) in [6, 6.07) is 11.7. The molecule has 0 amide bonds. The number of hydrogen-bond acceptors (Lipinski definition) is 4. The summed E-state index contributed by atoms with van der Waals surface area (Å²) in [5, 5.41) is 0. The van der Waals surface area contributed by atoms with E-state index in [1.807, 2.05) is 0 Å². The summed E-state index contributed by atoms with van der Waals surface area (Å²) >= 11 is 0. The standard InChI is InChI=1S/C25H41N3O/c1-3-8-23(9-4-1)12-16-27-17-18-28-20-24(10-11-25(28)21-27)22-29-19-7-15-26-13-5-2-6-14-26/h1,3-4,8-9,24-25H,2,5-7,10-22H2/t24?,25-/m0/s1. The van der Waals surface area contributed by atoms with E-state index < -0.39 is 0 Å². The van der Waals surface area contributed by atoms with Crippen LogP contribution < -0.4 is 0 Å². The van der Waals surface area contributed by atoms with Crippen LogP contribution in [0.1, 0.15) is 44.1 Å². The lowest BCUT2D eigenvalue weighted by atomic mass is 9.91. The van der Waals surface area contributed by atoms with E-state index in [0.717, 1.165) is 25.2 Å². The minimum absolute atomic E-state index is 0.747. The van der Waals surface area contributed by atoms with Crippen molar-refractivity contribution in [2.24, 2.45) is 5.92 Å². The number of fused-ring (bicyclic) bond motifs is 1. The fourth-order valence-corrected chi connectivity index (χ4v) is 5.42. The molecule has 0 bridgehead atoms. The zero-order valence-electron chi connectivity index (χ0n) is 18.3. The maximum absolute atomic E-state index is 6.09. The lowest BCUT2D eigenvalue weighted by Crippen LogP contribution is -2.57. The van der Waals surface area contributed by atoms with Crippen molar-refractivity contribution in [2.45, 2.75) is 51.0 Å². The summed E-state index contributed by atoms with van der Waals surface area (Å²) in [6.45, 7) is 12.0. The quantitative estimate of drug-likeness (QED) is 0.592. The molecule has 2 atom stereocenters. The molecule has 1 aromatic rings. The van der Waals surface area contributed by atoms with Crippen LogP contribution in [-0.2, 0) is 11.2 Å². The second-order valence-electron chi connectivity index (χ2n) is 9.46. The van der Waals surface area contributed by atoms with Gasteiger partial charge in [0.15, 0.2) is 0 Å². The smallest absolute Gasteiger partial charge is 0.0506 e. The topological polar surface area (TPSA) is 19.0 Å². The number of ether oxygens (including phenoxy) is 1. The maximum Gasteiger partial charge on any atom is 0.0506 e. The molecule has 3 aliphatic heterocycles. The minimum Gasteiger partial charge on any atom is -0.381 e. The Balaban J connectivity index is 1.08. The Morgan fingerprint density at radius 1 is 0.828 bits per heavy atom. The van der Waals surface area contributed by atoms with Crippen molar-refractivity contribution in [1.82, 2.24) is 14.7 Å². The van der Waals surface area contributed by atoms with Crippen molar-refractivity contribution in [1.29, 1.82) is 0 Å². The Kier molecular flexibility index (Phi) is 8.41. The highest BCUT2D eigenvalue weighted by molar-refractivity contribution is 5.14. The maximum atomic E-state index is 6.09.